The molecule has 3 heterocycles. The number of pyridine rings is 1. The van der Waals surface area contributed by atoms with Crippen molar-refractivity contribution >= 4 is 17.2 Å². The van der Waals surface area contributed by atoms with Crippen LogP contribution in [0.1, 0.15) is 59.7 Å². The number of hydrogen-bond donors (Lipinski definition) is 0. The summed E-state index contributed by atoms with van der Waals surface area (Å²) >= 11 is 0. The van der Waals surface area contributed by atoms with E-state index in [0.29, 0.717) is 0 Å². The maximum Gasteiger partial charge on any atom is 0.142 e. The number of aryl methyl sites for hydroxylation is 1. The van der Waals surface area contributed by atoms with Crippen molar-refractivity contribution in [3.63, 3.8) is 0 Å². The Hall–Kier alpha value is -4.17. The average Bonchev–Trinajstić information content (AvgIpc) is 2.95. The van der Waals surface area contributed by atoms with Gasteiger partial charge in [0, 0.05) is 17.2 Å². The Morgan fingerprint density at radius 2 is 1.30 bits per heavy atom. The van der Waals surface area contributed by atoms with Crippen molar-refractivity contribution in [1.29, 1.82) is 0 Å². The first-order valence-electron chi connectivity index (χ1n) is 13.2. The van der Waals surface area contributed by atoms with E-state index >= 15 is 0 Å². The molecule has 0 unspecified atom stereocenters. The quantitative estimate of drug-likeness (QED) is 0.254. The van der Waals surface area contributed by atoms with E-state index in [2.05, 4.69) is 135 Å². The minimum atomic E-state index is -0.482. The zero-order chi connectivity index (χ0) is 25.2. The summed E-state index contributed by atoms with van der Waals surface area (Å²) in [4.78, 5) is 7.57. The van der Waals surface area contributed by atoms with Crippen molar-refractivity contribution in [2.24, 2.45) is 0 Å². The number of rotatable bonds is 3. The molecule has 2 aliphatic rings. The maximum atomic E-state index is 5.12. The first-order chi connectivity index (χ1) is 18.1. The Balaban J connectivity index is 1.69. The fourth-order valence-electron chi connectivity index (χ4n) is 6.77. The van der Waals surface area contributed by atoms with Crippen LogP contribution in [-0.4, -0.2) is 4.98 Å². The molecular formula is C35H30N2. The van der Waals surface area contributed by atoms with Gasteiger partial charge in [0.15, 0.2) is 0 Å². The number of hydrogen-bond acceptors (Lipinski definition) is 2. The smallest absolute Gasteiger partial charge is 0.142 e. The minimum absolute atomic E-state index is 0.144. The highest BCUT2D eigenvalue weighted by molar-refractivity contribution is 5.93. The first-order valence-corrected chi connectivity index (χ1v) is 13.2. The molecule has 2 nitrogen and oxygen atoms in total. The summed E-state index contributed by atoms with van der Waals surface area (Å²) in [7, 11) is 0. The number of nitrogens with zero attached hydrogens (tertiary/aromatic N) is 2. The molecule has 0 atom stereocenters. The second-order valence-electron chi connectivity index (χ2n) is 10.7. The van der Waals surface area contributed by atoms with Gasteiger partial charge < -0.3 is 0 Å². The second kappa shape index (κ2) is 7.91. The molecule has 37 heavy (non-hydrogen) atoms. The summed E-state index contributed by atoms with van der Waals surface area (Å²) in [6.07, 6.45) is 2.94. The molecule has 2 aliphatic heterocycles. The fraction of sp³-hybridized carbons (Fsp3) is 0.171. The number of fused-ring (bicyclic) bond motifs is 4. The van der Waals surface area contributed by atoms with Crippen LogP contribution in [0.3, 0.4) is 0 Å². The van der Waals surface area contributed by atoms with E-state index in [1.54, 1.807) is 0 Å². The Bertz CT molecular complexity index is 1590. The number of anilines is 3. The average molecular weight is 479 g/mol. The van der Waals surface area contributed by atoms with Crippen molar-refractivity contribution in [2.45, 2.75) is 38.0 Å². The van der Waals surface area contributed by atoms with Crippen molar-refractivity contribution < 1.29 is 0 Å². The number of para-hydroxylation sites is 1. The predicted molar refractivity (Wildman–Crippen MR) is 152 cm³/mol. The van der Waals surface area contributed by atoms with Gasteiger partial charge in [-0.2, -0.15) is 0 Å². The molecule has 2 heteroatoms. The summed E-state index contributed by atoms with van der Waals surface area (Å²) in [5, 5.41) is 0. The first kappa shape index (κ1) is 22.1. The summed E-state index contributed by atoms with van der Waals surface area (Å²) in [6.45, 7) is 6.96. The molecule has 0 saturated carbocycles. The van der Waals surface area contributed by atoms with E-state index < -0.39 is 5.41 Å². The van der Waals surface area contributed by atoms with Crippen molar-refractivity contribution in [1.82, 2.24) is 4.98 Å². The molecular weight excluding hydrogens is 448 g/mol. The van der Waals surface area contributed by atoms with Gasteiger partial charge in [0.25, 0.3) is 0 Å². The van der Waals surface area contributed by atoms with Gasteiger partial charge in [0.05, 0.1) is 16.8 Å². The van der Waals surface area contributed by atoms with Crippen LogP contribution in [0.15, 0.2) is 115 Å². The molecule has 0 fully saturated rings. The molecule has 0 saturated heterocycles. The lowest BCUT2D eigenvalue weighted by molar-refractivity contribution is 0.618. The molecule has 0 N–H and O–H groups in total. The zero-order valence-corrected chi connectivity index (χ0v) is 21.6. The summed E-state index contributed by atoms with van der Waals surface area (Å²) in [5.41, 5.74) is 11.0. The van der Waals surface area contributed by atoms with Gasteiger partial charge in [0.1, 0.15) is 5.82 Å². The van der Waals surface area contributed by atoms with E-state index in [0.717, 1.165) is 12.2 Å². The van der Waals surface area contributed by atoms with Gasteiger partial charge in [-0.3, -0.25) is 4.90 Å². The Morgan fingerprint density at radius 3 is 1.97 bits per heavy atom. The van der Waals surface area contributed by atoms with Crippen LogP contribution in [0.4, 0.5) is 17.2 Å². The largest absolute Gasteiger partial charge is 0.294 e. The molecule has 0 radical (unpaired) electrons. The molecule has 0 amide bonds. The molecule has 0 aliphatic carbocycles. The fourth-order valence-corrected chi connectivity index (χ4v) is 6.77. The van der Waals surface area contributed by atoms with Crippen LogP contribution in [0, 0.1) is 0 Å². The van der Waals surface area contributed by atoms with E-state index in [1.807, 2.05) is 6.20 Å². The van der Waals surface area contributed by atoms with Gasteiger partial charge >= 0.3 is 0 Å². The van der Waals surface area contributed by atoms with Crippen LogP contribution in [-0.2, 0) is 17.3 Å². The predicted octanol–water partition coefficient (Wildman–Crippen LogP) is 8.45. The van der Waals surface area contributed by atoms with Crippen molar-refractivity contribution in [3.05, 3.63) is 154 Å². The number of aromatic nitrogens is 1. The SMILES string of the molecule is CCc1ccc2c(c1)N1c3ncccc3C(c3ccccc3)(c3ccccc3)c3cccc(c31)C2(C)C. The van der Waals surface area contributed by atoms with Crippen molar-refractivity contribution in [3.8, 4) is 0 Å². The Labute approximate surface area is 219 Å². The molecule has 5 aromatic rings. The van der Waals surface area contributed by atoms with Gasteiger partial charge in [-0.25, -0.2) is 4.98 Å². The summed E-state index contributed by atoms with van der Waals surface area (Å²) < 4.78 is 0. The Kier molecular flexibility index (Phi) is 4.72. The van der Waals surface area contributed by atoms with E-state index in [9.17, 15) is 0 Å². The standard InChI is InChI=1S/C35H30N2/c1-4-24-20-21-27-31(23-24)37-32-28(34(27,2)3)17-11-18-29(32)35(25-13-7-5-8-14-25,26-15-9-6-10-16-26)30-19-12-22-36-33(30)37/h5-23H,4H2,1-3H3. The summed E-state index contributed by atoms with van der Waals surface area (Å²) in [6, 6.07) is 40.2. The van der Waals surface area contributed by atoms with Crippen LogP contribution >= 0.6 is 0 Å². The van der Waals surface area contributed by atoms with Gasteiger partial charge in [-0.15, -0.1) is 0 Å². The highest BCUT2D eigenvalue weighted by atomic mass is 15.2. The molecule has 0 bridgehead atoms. The van der Waals surface area contributed by atoms with Gasteiger partial charge in [-0.1, -0.05) is 118 Å². The van der Waals surface area contributed by atoms with E-state index in [4.69, 9.17) is 4.98 Å². The lowest BCUT2D eigenvalue weighted by Gasteiger charge is -2.51. The summed E-state index contributed by atoms with van der Waals surface area (Å²) in [5.74, 6) is 1.01. The zero-order valence-electron chi connectivity index (χ0n) is 21.6. The second-order valence-corrected chi connectivity index (χ2v) is 10.7. The minimum Gasteiger partial charge on any atom is -0.294 e. The third-order valence-corrected chi connectivity index (χ3v) is 8.54. The van der Waals surface area contributed by atoms with Gasteiger partial charge in [0.2, 0.25) is 0 Å². The van der Waals surface area contributed by atoms with Crippen LogP contribution in [0.5, 0.6) is 0 Å². The third kappa shape index (κ3) is 2.84. The number of benzene rings is 4. The molecule has 1 aromatic heterocycles. The monoisotopic (exact) mass is 478 g/mol. The van der Waals surface area contributed by atoms with Crippen LogP contribution < -0.4 is 4.90 Å². The highest BCUT2D eigenvalue weighted by Gasteiger charge is 2.51. The molecule has 7 rings (SSSR count). The normalized spacial score (nSPS) is 15.9. The highest BCUT2D eigenvalue weighted by Crippen LogP contribution is 2.62. The molecule has 180 valence electrons. The van der Waals surface area contributed by atoms with Crippen molar-refractivity contribution in [2.75, 3.05) is 4.90 Å². The van der Waals surface area contributed by atoms with Crippen LogP contribution in [0.2, 0.25) is 0 Å². The Morgan fingerprint density at radius 1 is 0.649 bits per heavy atom. The van der Waals surface area contributed by atoms with Crippen LogP contribution in [0.25, 0.3) is 0 Å². The van der Waals surface area contributed by atoms with Gasteiger partial charge in [-0.05, 0) is 51.9 Å². The molecule has 0 spiro atoms. The lowest BCUT2D eigenvalue weighted by Crippen LogP contribution is -2.42. The molecule has 4 aromatic carbocycles. The lowest BCUT2D eigenvalue weighted by atomic mass is 9.60. The maximum absolute atomic E-state index is 5.12. The third-order valence-electron chi connectivity index (χ3n) is 8.54. The topological polar surface area (TPSA) is 16.1 Å². The van der Waals surface area contributed by atoms with E-state index in [-0.39, 0.29) is 5.41 Å². The van der Waals surface area contributed by atoms with E-state index in [1.165, 1.54) is 50.3 Å².